The molecule has 2 atom stereocenters. The zero-order valence-electron chi connectivity index (χ0n) is 11.7. The lowest BCUT2D eigenvalue weighted by molar-refractivity contribution is -0.144. The summed E-state index contributed by atoms with van der Waals surface area (Å²) in [6, 6.07) is 0.184. The number of likely N-dealkylation sites (tertiary alicyclic amines) is 2. The van der Waals surface area contributed by atoms with E-state index in [-0.39, 0.29) is 17.9 Å². The molecule has 0 aromatic heterocycles. The Morgan fingerprint density at radius 2 is 1.84 bits per heavy atom. The number of aliphatic carboxylic acids is 1. The number of carbonyl (C=O) groups excluding carboxylic acids is 1. The maximum Gasteiger partial charge on any atom is 0.306 e. The van der Waals surface area contributed by atoms with E-state index in [9.17, 15) is 9.59 Å². The fourth-order valence-electron chi connectivity index (χ4n) is 3.10. The summed E-state index contributed by atoms with van der Waals surface area (Å²) in [5, 5.41) is 9.03. The van der Waals surface area contributed by atoms with Crippen LogP contribution in [0, 0.1) is 5.92 Å². The van der Waals surface area contributed by atoms with E-state index in [4.69, 9.17) is 5.11 Å². The van der Waals surface area contributed by atoms with Gasteiger partial charge in [0.1, 0.15) is 0 Å². The van der Waals surface area contributed by atoms with Gasteiger partial charge in [-0.25, -0.2) is 0 Å². The molecule has 2 aliphatic heterocycles. The van der Waals surface area contributed by atoms with Crippen LogP contribution < -0.4 is 0 Å². The molecule has 2 fully saturated rings. The van der Waals surface area contributed by atoms with E-state index in [2.05, 4.69) is 4.90 Å². The molecule has 0 bridgehead atoms. The highest BCUT2D eigenvalue weighted by atomic mass is 16.4. The number of amides is 1. The summed E-state index contributed by atoms with van der Waals surface area (Å²) >= 11 is 0. The molecule has 108 valence electrons. The highest BCUT2D eigenvalue weighted by Gasteiger charge is 2.31. The van der Waals surface area contributed by atoms with Gasteiger partial charge in [0.15, 0.2) is 0 Å². The first-order valence-corrected chi connectivity index (χ1v) is 7.32. The molecule has 2 rings (SSSR count). The van der Waals surface area contributed by atoms with E-state index in [1.807, 2.05) is 11.8 Å². The van der Waals surface area contributed by atoms with Crippen LogP contribution in [0.4, 0.5) is 0 Å². The van der Waals surface area contributed by atoms with E-state index in [0.717, 1.165) is 32.5 Å². The van der Waals surface area contributed by atoms with Crippen molar-refractivity contribution in [2.24, 2.45) is 5.92 Å². The quantitative estimate of drug-likeness (QED) is 0.835. The van der Waals surface area contributed by atoms with E-state index in [1.54, 1.807) is 0 Å². The predicted octanol–water partition coefficient (Wildman–Crippen LogP) is 1.18. The third kappa shape index (κ3) is 3.69. The minimum Gasteiger partial charge on any atom is -0.481 e. The van der Waals surface area contributed by atoms with Crippen LogP contribution in [0.5, 0.6) is 0 Å². The van der Waals surface area contributed by atoms with Crippen molar-refractivity contribution in [3.63, 3.8) is 0 Å². The number of hydrogen-bond acceptors (Lipinski definition) is 3. The average molecular weight is 268 g/mol. The first-order chi connectivity index (χ1) is 9.08. The van der Waals surface area contributed by atoms with Gasteiger partial charge in [0.25, 0.3) is 0 Å². The first kappa shape index (κ1) is 14.3. The number of piperidine rings is 2. The maximum absolute atomic E-state index is 12.2. The third-order valence-electron chi connectivity index (χ3n) is 4.41. The van der Waals surface area contributed by atoms with Crippen LogP contribution in [-0.4, -0.2) is 59.0 Å². The van der Waals surface area contributed by atoms with Crippen molar-refractivity contribution < 1.29 is 14.7 Å². The molecule has 2 saturated heterocycles. The number of hydrogen-bond donors (Lipinski definition) is 1. The van der Waals surface area contributed by atoms with Gasteiger partial charge in [0.05, 0.1) is 12.5 Å². The highest BCUT2D eigenvalue weighted by molar-refractivity contribution is 5.78. The van der Waals surface area contributed by atoms with Crippen molar-refractivity contribution in [2.75, 3.05) is 26.2 Å². The SMILES string of the molecule is CC1CC(C(=O)O)CCN1CC(=O)N1CCCCC1. The van der Waals surface area contributed by atoms with Crippen molar-refractivity contribution in [1.29, 1.82) is 0 Å². The number of nitrogens with zero attached hydrogens (tertiary/aromatic N) is 2. The van der Waals surface area contributed by atoms with E-state index in [1.165, 1.54) is 6.42 Å². The lowest BCUT2D eigenvalue weighted by Gasteiger charge is -2.37. The number of carbonyl (C=O) groups is 2. The fourth-order valence-corrected chi connectivity index (χ4v) is 3.10. The summed E-state index contributed by atoms with van der Waals surface area (Å²) in [6.07, 6.45) is 4.77. The molecular formula is C14H24N2O3. The van der Waals surface area contributed by atoms with Gasteiger partial charge in [0.2, 0.25) is 5.91 Å². The molecule has 0 aromatic rings. The Kier molecular flexibility index (Phi) is 4.80. The topological polar surface area (TPSA) is 60.9 Å². The smallest absolute Gasteiger partial charge is 0.306 e. The molecule has 5 nitrogen and oxygen atoms in total. The standard InChI is InChI=1S/C14H24N2O3/c1-11-9-12(14(18)19)5-8-16(11)10-13(17)15-6-3-2-4-7-15/h11-12H,2-10H2,1H3,(H,18,19). The molecule has 0 aliphatic carbocycles. The Balaban J connectivity index is 1.82. The number of carboxylic acids is 1. The number of carboxylic acid groups (broad SMARTS) is 1. The summed E-state index contributed by atoms with van der Waals surface area (Å²) < 4.78 is 0. The molecule has 0 aromatic carbocycles. The lowest BCUT2D eigenvalue weighted by Crippen LogP contribution is -2.49. The summed E-state index contributed by atoms with van der Waals surface area (Å²) in [4.78, 5) is 27.3. The summed E-state index contributed by atoms with van der Waals surface area (Å²) in [6.45, 7) is 4.97. The third-order valence-corrected chi connectivity index (χ3v) is 4.41. The average Bonchev–Trinajstić information content (AvgIpc) is 2.41. The van der Waals surface area contributed by atoms with Crippen molar-refractivity contribution in [3.05, 3.63) is 0 Å². The maximum atomic E-state index is 12.2. The minimum atomic E-state index is -0.700. The van der Waals surface area contributed by atoms with Gasteiger partial charge < -0.3 is 10.0 Å². The molecule has 2 aliphatic rings. The van der Waals surface area contributed by atoms with E-state index in [0.29, 0.717) is 19.4 Å². The second kappa shape index (κ2) is 6.37. The highest BCUT2D eigenvalue weighted by Crippen LogP contribution is 2.23. The monoisotopic (exact) mass is 268 g/mol. The van der Waals surface area contributed by atoms with Crippen molar-refractivity contribution in [3.8, 4) is 0 Å². The molecule has 0 saturated carbocycles. The number of rotatable bonds is 3. The molecule has 5 heteroatoms. The van der Waals surface area contributed by atoms with Crippen LogP contribution in [0.2, 0.25) is 0 Å². The summed E-state index contributed by atoms with van der Waals surface area (Å²) in [7, 11) is 0. The Morgan fingerprint density at radius 3 is 2.42 bits per heavy atom. The van der Waals surface area contributed by atoms with Crippen molar-refractivity contribution in [1.82, 2.24) is 9.80 Å². The molecule has 2 unspecified atom stereocenters. The van der Waals surface area contributed by atoms with Gasteiger partial charge in [0, 0.05) is 19.1 Å². The molecule has 2 heterocycles. The minimum absolute atomic E-state index is 0.184. The Labute approximate surface area is 114 Å². The zero-order valence-corrected chi connectivity index (χ0v) is 11.7. The Hall–Kier alpha value is -1.10. The van der Waals surface area contributed by atoms with Crippen LogP contribution in [-0.2, 0) is 9.59 Å². The molecule has 19 heavy (non-hydrogen) atoms. The first-order valence-electron chi connectivity index (χ1n) is 7.32. The fraction of sp³-hybridized carbons (Fsp3) is 0.857. The van der Waals surface area contributed by atoms with Crippen LogP contribution in [0.3, 0.4) is 0 Å². The second-order valence-electron chi connectivity index (χ2n) is 5.82. The van der Waals surface area contributed by atoms with Crippen LogP contribution >= 0.6 is 0 Å². The van der Waals surface area contributed by atoms with Crippen LogP contribution in [0.1, 0.15) is 39.0 Å². The van der Waals surface area contributed by atoms with Crippen LogP contribution in [0.15, 0.2) is 0 Å². The van der Waals surface area contributed by atoms with Gasteiger partial charge in [-0.3, -0.25) is 14.5 Å². The van der Waals surface area contributed by atoms with E-state index < -0.39 is 5.97 Å². The summed E-state index contributed by atoms with van der Waals surface area (Å²) in [5.74, 6) is -0.731. The molecule has 0 radical (unpaired) electrons. The van der Waals surface area contributed by atoms with Gasteiger partial charge in [-0.1, -0.05) is 0 Å². The van der Waals surface area contributed by atoms with Gasteiger partial charge >= 0.3 is 5.97 Å². The normalized spacial score (nSPS) is 29.2. The molecular weight excluding hydrogens is 244 g/mol. The van der Waals surface area contributed by atoms with Gasteiger partial charge in [-0.2, -0.15) is 0 Å². The second-order valence-corrected chi connectivity index (χ2v) is 5.82. The lowest BCUT2D eigenvalue weighted by atomic mass is 9.92. The van der Waals surface area contributed by atoms with Crippen molar-refractivity contribution in [2.45, 2.75) is 45.1 Å². The Bertz CT molecular complexity index is 340. The van der Waals surface area contributed by atoms with Gasteiger partial charge in [-0.05, 0) is 45.6 Å². The molecule has 1 N–H and O–H groups in total. The molecule has 1 amide bonds. The zero-order chi connectivity index (χ0) is 13.8. The van der Waals surface area contributed by atoms with Gasteiger partial charge in [-0.15, -0.1) is 0 Å². The Morgan fingerprint density at radius 1 is 1.16 bits per heavy atom. The largest absolute Gasteiger partial charge is 0.481 e. The van der Waals surface area contributed by atoms with Crippen LogP contribution in [0.25, 0.3) is 0 Å². The molecule has 0 spiro atoms. The summed E-state index contributed by atoms with van der Waals surface area (Å²) in [5.41, 5.74) is 0. The van der Waals surface area contributed by atoms with E-state index >= 15 is 0 Å². The van der Waals surface area contributed by atoms with Crippen molar-refractivity contribution >= 4 is 11.9 Å². The predicted molar refractivity (Wildman–Crippen MR) is 71.8 cm³/mol.